The molecule has 0 saturated carbocycles. The van der Waals surface area contributed by atoms with E-state index < -0.39 is 0 Å². The van der Waals surface area contributed by atoms with Crippen LogP contribution in [0.3, 0.4) is 0 Å². The molecule has 5 nitrogen and oxygen atoms in total. The molecule has 0 saturated heterocycles. The highest BCUT2D eigenvalue weighted by Crippen LogP contribution is 2.19. The lowest BCUT2D eigenvalue weighted by Crippen LogP contribution is -2.16. The second kappa shape index (κ2) is 8.86. The Bertz CT molecular complexity index is 998. The number of anilines is 2. The van der Waals surface area contributed by atoms with E-state index in [9.17, 15) is 9.59 Å². The lowest BCUT2D eigenvalue weighted by molar-refractivity contribution is 0.102. The number of aryl methyl sites for hydroxylation is 1. The Hall–Kier alpha value is -3.60. The largest absolute Gasteiger partial charge is 0.497 e. The maximum Gasteiger partial charge on any atom is 0.255 e. The smallest absolute Gasteiger partial charge is 0.255 e. The van der Waals surface area contributed by atoms with Gasteiger partial charge >= 0.3 is 0 Å². The average molecular weight is 374 g/mol. The van der Waals surface area contributed by atoms with E-state index in [1.807, 2.05) is 31.2 Å². The molecule has 0 aliphatic heterocycles. The van der Waals surface area contributed by atoms with Gasteiger partial charge in [0.1, 0.15) is 5.75 Å². The molecule has 28 heavy (non-hydrogen) atoms. The Morgan fingerprint density at radius 3 is 2.21 bits per heavy atom. The molecule has 0 bridgehead atoms. The van der Waals surface area contributed by atoms with Crippen LogP contribution in [0, 0.1) is 0 Å². The van der Waals surface area contributed by atoms with Crippen molar-refractivity contribution in [2.45, 2.75) is 13.3 Å². The van der Waals surface area contributed by atoms with Crippen molar-refractivity contribution in [2.24, 2.45) is 0 Å². The van der Waals surface area contributed by atoms with E-state index in [1.54, 1.807) is 55.6 Å². The Kier molecular flexibility index (Phi) is 6.07. The highest BCUT2D eigenvalue weighted by molar-refractivity contribution is 6.09. The van der Waals surface area contributed by atoms with Crippen molar-refractivity contribution in [1.82, 2.24) is 0 Å². The van der Waals surface area contributed by atoms with Crippen LogP contribution in [0.1, 0.15) is 33.2 Å². The van der Waals surface area contributed by atoms with Crippen molar-refractivity contribution in [1.29, 1.82) is 0 Å². The summed E-state index contributed by atoms with van der Waals surface area (Å²) in [5.74, 6) is 0.106. The standard InChI is InChI=1S/C23H22N2O3/c1-3-16-8-4-5-13-21(16)25-23(27)18-10-6-9-17(14-18)22(26)24-19-11-7-12-20(15-19)28-2/h4-15H,3H2,1-2H3,(H,24,26)(H,25,27). The van der Waals surface area contributed by atoms with E-state index in [2.05, 4.69) is 10.6 Å². The number of benzene rings is 3. The number of carbonyl (C=O) groups excluding carboxylic acids is 2. The molecule has 3 aromatic rings. The minimum absolute atomic E-state index is 0.253. The molecule has 0 aromatic heterocycles. The van der Waals surface area contributed by atoms with Gasteiger partial charge in [-0.05, 0) is 48.4 Å². The van der Waals surface area contributed by atoms with Crippen molar-refractivity contribution in [3.05, 3.63) is 89.5 Å². The summed E-state index contributed by atoms with van der Waals surface area (Å²) in [7, 11) is 1.57. The van der Waals surface area contributed by atoms with Gasteiger partial charge in [0.05, 0.1) is 7.11 Å². The lowest BCUT2D eigenvalue weighted by atomic mass is 10.1. The fourth-order valence-electron chi connectivity index (χ4n) is 2.85. The van der Waals surface area contributed by atoms with Gasteiger partial charge in [0, 0.05) is 28.6 Å². The van der Waals surface area contributed by atoms with E-state index in [1.165, 1.54) is 0 Å². The summed E-state index contributed by atoms with van der Waals surface area (Å²) < 4.78 is 5.16. The Labute approximate surface area is 164 Å². The van der Waals surface area contributed by atoms with Gasteiger partial charge in [-0.25, -0.2) is 0 Å². The Balaban J connectivity index is 1.75. The molecule has 3 rings (SSSR count). The first-order valence-corrected chi connectivity index (χ1v) is 9.05. The molecule has 0 unspecified atom stereocenters. The zero-order valence-corrected chi connectivity index (χ0v) is 15.9. The number of hydrogen-bond acceptors (Lipinski definition) is 3. The quantitative estimate of drug-likeness (QED) is 0.653. The third kappa shape index (κ3) is 4.57. The summed E-state index contributed by atoms with van der Waals surface area (Å²) in [5, 5.41) is 5.74. The summed E-state index contributed by atoms with van der Waals surface area (Å²) in [4.78, 5) is 25.2. The van der Waals surface area contributed by atoms with Gasteiger partial charge < -0.3 is 15.4 Å². The van der Waals surface area contributed by atoms with Gasteiger partial charge in [0.2, 0.25) is 0 Å². The highest BCUT2D eigenvalue weighted by atomic mass is 16.5. The SMILES string of the molecule is CCc1ccccc1NC(=O)c1cccc(C(=O)Nc2cccc(OC)c2)c1. The molecule has 0 heterocycles. The molecule has 0 aliphatic carbocycles. The molecule has 142 valence electrons. The molecule has 2 N–H and O–H groups in total. The molecule has 3 aromatic carbocycles. The van der Waals surface area contributed by atoms with Crippen LogP contribution < -0.4 is 15.4 Å². The maximum atomic E-state index is 12.6. The van der Waals surface area contributed by atoms with Gasteiger partial charge in [0.15, 0.2) is 0 Å². The van der Waals surface area contributed by atoms with Crippen molar-refractivity contribution in [3.63, 3.8) is 0 Å². The lowest BCUT2D eigenvalue weighted by Gasteiger charge is -2.11. The van der Waals surface area contributed by atoms with E-state index >= 15 is 0 Å². The predicted molar refractivity (Wildman–Crippen MR) is 111 cm³/mol. The third-order valence-corrected chi connectivity index (χ3v) is 4.36. The van der Waals surface area contributed by atoms with Crippen LogP contribution in [-0.4, -0.2) is 18.9 Å². The molecule has 5 heteroatoms. The number of carbonyl (C=O) groups is 2. The van der Waals surface area contributed by atoms with E-state index in [-0.39, 0.29) is 11.8 Å². The Morgan fingerprint density at radius 2 is 1.50 bits per heavy atom. The summed E-state index contributed by atoms with van der Waals surface area (Å²) in [6.07, 6.45) is 0.819. The van der Waals surface area contributed by atoms with E-state index in [0.717, 1.165) is 17.7 Å². The van der Waals surface area contributed by atoms with Crippen LogP contribution in [-0.2, 0) is 6.42 Å². The van der Waals surface area contributed by atoms with Gasteiger partial charge in [-0.1, -0.05) is 37.3 Å². The number of amides is 2. The molecule has 2 amide bonds. The molecular weight excluding hydrogens is 352 g/mol. The normalized spacial score (nSPS) is 10.2. The first-order chi connectivity index (χ1) is 13.6. The molecule has 0 fully saturated rings. The van der Waals surface area contributed by atoms with Gasteiger partial charge in [0.25, 0.3) is 11.8 Å². The monoisotopic (exact) mass is 374 g/mol. The second-order valence-electron chi connectivity index (χ2n) is 6.23. The molecule has 0 spiro atoms. The van der Waals surface area contributed by atoms with Crippen LogP contribution in [0.15, 0.2) is 72.8 Å². The fourth-order valence-corrected chi connectivity index (χ4v) is 2.85. The molecular formula is C23H22N2O3. The number of methoxy groups -OCH3 is 1. The fraction of sp³-hybridized carbons (Fsp3) is 0.130. The summed E-state index contributed by atoms with van der Waals surface area (Å²) in [5.41, 5.74) is 3.28. The van der Waals surface area contributed by atoms with Crippen LogP contribution in [0.5, 0.6) is 5.75 Å². The van der Waals surface area contributed by atoms with E-state index in [4.69, 9.17) is 4.74 Å². The summed E-state index contributed by atoms with van der Waals surface area (Å²) >= 11 is 0. The number of rotatable bonds is 6. The minimum atomic E-state index is -0.295. The van der Waals surface area contributed by atoms with Crippen molar-refractivity contribution in [2.75, 3.05) is 17.7 Å². The van der Waals surface area contributed by atoms with Crippen molar-refractivity contribution >= 4 is 23.2 Å². The third-order valence-electron chi connectivity index (χ3n) is 4.36. The molecule has 0 atom stereocenters. The van der Waals surface area contributed by atoms with Crippen molar-refractivity contribution in [3.8, 4) is 5.75 Å². The summed E-state index contributed by atoms with van der Waals surface area (Å²) in [6.45, 7) is 2.04. The zero-order valence-electron chi connectivity index (χ0n) is 15.9. The first-order valence-electron chi connectivity index (χ1n) is 9.05. The van der Waals surface area contributed by atoms with E-state index in [0.29, 0.717) is 22.6 Å². The topological polar surface area (TPSA) is 67.4 Å². The molecule has 0 radical (unpaired) electrons. The van der Waals surface area contributed by atoms with Crippen LogP contribution in [0.2, 0.25) is 0 Å². The highest BCUT2D eigenvalue weighted by Gasteiger charge is 2.12. The first kappa shape index (κ1) is 19.2. The summed E-state index contributed by atoms with van der Waals surface area (Å²) in [6, 6.07) is 21.4. The number of hydrogen-bond donors (Lipinski definition) is 2. The zero-order chi connectivity index (χ0) is 19.9. The maximum absolute atomic E-state index is 12.6. The Morgan fingerprint density at radius 1 is 0.821 bits per heavy atom. The van der Waals surface area contributed by atoms with Crippen LogP contribution in [0.25, 0.3) is 0 Å². The average Bonchev–Trinajstić information content (AvgIpc) is 2.74. The van der Waals surface area contributed by atoms with Crippen LogP contribution in [0.4, 0.5) is 11.4 Å². The van der Waals surface area contributed by atoms with Crippen molar-refractivity contribution < 1.29 is 14.3 Å². The van der Waals surface area contributed by atoms with Crippen LogP contribution >= 0.6 is 0 Å². The molecule has 0 aliphatic rings. The van der Waals surface area contributed by atoms with Gasteiger partial charge in [-0.15, -0.1) is 0 Å². The number of nitrogens with one attached hydrogen (secondary N) is 2. The van der Waals surface area contributed by atoms with Gasteiger partial charge in [-0.3, -0.25) is 9.59 Å². The van der Waals surface area contributed by atoms with Gasteiger partial charge in [-0.2, -0.15) is 0 Å². The minimum Gasteiger partial charge on any atom is -0.497 e. The second-order valence-corrected chi connectivity index (χ2v) is 6.23. The predicted octanol–water partition coefficient (Wildman–Crippen LogP) is 4.76. The number of ether oxygens (including phenoxy) is 1. The number of para-hydroxylation sites is 1.